The van der Waals surface area contributed by atoms with Gasteiger partial charge < -0.3 is 4.74 Å². The average Bonchev–Trinajstić information content (AvgIpc) is 2.60. The third-order valence-electron chi connectivity index (χ3n) is 2.86. The first-order valence-corrected chi connectivity index (χ1v) is 5.45. The van der Waals surface area contributed by atoms with Crippen molar-refractivity contribution in [1.29, 1.82) is 0 Å². The molecule has 1 N–H and O–H groups in total. The Balaban J connectivity index is 2.24. The van der Waals surface area contributed by atoms with Crippen LogP contribution in [0.2, 0.25) is 0 Å². The molecule has 0 amide bonds. The third-order valence-corrected chi connectivity index (χ3v) is 2.86. The summed E-state index contributed by atoms with van der Waals surface area (Å²) in [5.41, 5.74) is 2.65. The molecule has 0 radical (unpaired) electrons. The molecular weight excluding hydrogens is 192 g/mol. The van der Waals surface area contributed by atoms with E-state index < -0.39 is 0 Å². The van der Waals surface area contributed by atoms with E-state index in [1.807, 2.05) is 0 Å². The molecule has 2 rings (SSSR count). The molecule has 1 atom stereocenters. The van der Waals surface area contributed by atoms with Gasteiger partial charge in [-0.3, -0.25) is 5.10 Å². The van der Waals surface area contributed by atoms with Gasteiger partial charge in [-0.05, 0) is 32.1 Å². The lowest BCUT2D eigenvalue weighted by atomic mass is 9.88. The van der Waals surface area contributed by atoms with E-state index in [1.165, 1.54) is 0 Å². The summed E-state index contributed by atoms with van der Waals surface area (Å²) in [6.07, 6.45) is 3.04. The minimum atomic E-state index is -0.301. The maximum absolute atomic E-state index is 11.6. The van der Waals surface area contributed by atoms with E-state index >= 15 is 0 Å². The molecule has 1 aliphatic rings. The van der Waals surface area contributed by atoms with E-state index in [0.29, 0.717) is 18.2 Å². The van der Waals surface area contributed by atoms with Gasteiger partial charge in [0.15, 0.2) is 5.69 Å². The Labute approximate surface area is 89.0 Å². The van der Waals surface area contributed by atoms with Gasteiger partial charge in [-0.25, -0.2) is 4.79 Å². The standard InChI is InChI=1S/C11H16N2O2/c1-3-15-11(14)10-8-5-4-7(2)6-9(8)12-13-10/h7H,3-6H2,1-2H3,(H,12,13). The van der Waals surface area contributed by atoms with Crippen LogP contribution in [-0.2, 0) is 17.6 Å². The lowest BCUT2D eigenvalue weighted by molar-refractivity contribution is 0.0518. The number of esters is 1. The summed E-state index contributed by atoms with van der Waals surface area (Å²) in [4.78, 5) is 11.6. The first kappa shape index (κ1) is 10.2. The quantitative estimate of drug-likeness (QED) is 0.753. The van der Waals surface area contributed by atoms with Gasteiger partial charge in [0, 0.05) is 11.3 Å². The summed E-state index contributed by atoms with van der Waals surface area (Å²) in [7, 11) is 0. The van der Waals surface area contributed by atoms with Crippen LogP contribution in [0.25, 0.3) is 0 Å². The molecule has 0 aliphatic heterocycles. The number of carbonyl (C=O) groups is 1. The normalized spacial score (nSPS) is 19.7. The fourth-order valence-electron chi connectivity index (χ4n) is 2.05. The van der Waals surface area contributed by atoms with Crippen LogP contribution in [0.4, 0.5) is 0 Å². The van der Waals surface area contributed by atoms with Crippen LogP contribution < -0.4 is 0 Å². The van der Waals surface area contributed by atoms with Crippen LogP contribution in [0.3, 0.4) is 0 Å². The smallest absolute Gasteiger partial charge is 0.359 e. The second-order valence-corrected chi connectivity index (χ2v) is 4.10. The summed E-state index contributed by atoms with van der Waals surface area (Å²) in [6.45, 7) is 4.42. The third kappa shape index (κ3) is 1.89. The molecular formula is C11H16N2O2. The van der Waals surface area contributed by atoms with Crippen molar-refractivity contribution in [2.24, 2.45) is 5.92 Å². The minimum Gasteiger partial charge on any atom is -0.461 e. The zero-order chi connectivity index (χ0) is 10.8. The molecule has 1 aromatic rings. The predicted molar refractivity (Wildman–Crippen MR) is 55.7 cm³/mol. The summed E-state index contributed by atoms with van der Waals surface area (Å²) >= 11 is 0. The minimum absolute atomic E-state index is 0.301. The van der Waals surface area contributed by atoms with Crippen LogP contribution in [0.15, 0.2) is 0 Å². The highest BCUT2D eigenvalue weighted by atomic mass is 16.5. The molecule has 0 saturated heterocycles. The number of aromatic amines is 1. The SMILES string of the molecule is CCOC(=O)c1n[nH]c2c1CCC(C)C2. The summed E-state index contributed by atoms with van der Waals surface area (Å²) in [5.74, 6) is 0.373. The van der Waals surface area contributed by atoms with Crippen molar-refractivity contribution in [3.05, 3.63) is 17.0 Å². The number of hydrogen-bond donors (Lipinski definition) is 1. The van der Waals surface area contributed by atoms with Crippen LogP contribution in [-0.4, -0.2) is 22.8 Å². The Hall–Kier alpha value is -1.32. The molecule has 82 valence electrons. The van der Waals surface area contributed by atoms with Crippen LogP contribution in [0, 0.1) is 5.92 Å². The molecule has 4 heteroatoms. The highest BCUT2D eigenvalue weighted by molar-refractivity contribution is 5.89. The number of rotatable bonds is 2. The van der Waals surface area contributed by atoms with E-state index in [1.54, 1.807) is 6.92 Å². The molecule has 1 unspecified atom stereocenters. The second-order valence-electron chi connectivity index (χ2n) is 4.10. The molecule has 0 saturated carbocycles. The Morgan fingerprint density at radius 1 is 1.67 bits per heavy atom. The Morgan fingerprint density at radius 2 is 2.47 bits per heavy atom. The number of nitrogens with one attached hydrogen (secondary N) is 1. The summed E-state index contributed by atoms with van der Waals surface area (Å²) < 4.78 is 4.96. The Morgan fingerprint density at radius 3 is 3.20 bits per heavy atom. The lowest BCUT2D eigenvalue weighted by Gasteiger charge is -2.17. The number of aromatic nitrogens is 2. The van der Waals surface area contributed by atoms with Crippen LogP contribution in [0.5, 0.6) is 0 Å². The second kappa shape index (κ2) is 4.04. The highest BCUT2D eigenvalue weighted by Gasteiger charge is 2.24. The molecule has 0 aromatic carbocycles. The monoisotopic (exact) mass is 208 g/mol. The maximum atomic E-state index is 11.6. The van der Waals surface area contributed by atoms with Gasteiger partial charge in [0.2, 0.25) is 0 Å². The van der Waals surface area contributed by atoms with Crippen molar-refractivity contribution >= 4 is 5.97 Å². The van der Waals surface area contributed by atoms with Gasteiger partial charge in [-0.15, -0.1) is 0 Å². The zero-order valence-corrected chi connectivity index (χ0v) is 9.17. The predicted octanol–water partition coefficient (Wildman–Crippen LogP) is 1.71. The number of carbonyl (C=O) groups excluding carboxylic acids is 1. The van der Waals surface area contributed by atoms with Crippen molar-refractivity contribution < 1.29 is 9.53 Å². The topological polar surface area (TPSA) is 55.0 Å². The van der Waals surface area contributed by atoms with Crippen LogP contribution >= 0.6 is 0 Å². The van der Waals surface area contributed by atoms with Crippen molar-refractivity contribution in [2.45, 2.75) is 33.1 Å². The van der Waals surface area contributed by atoms with Gasteiger partial charge in [0.05, 0.1) is 6.61 Å². The fraction of sp³-hybridized carbons (Fsp3) is 0.636. The maximum Gasteiger partial charge on any atom is 0.359 e. The van der Waals surface area contributed by atoms with E-state index in [4.69, 9.17) is 4.74 Å². The van der Waals surface area contributed by atoms with E-state index in [2.05, 4.69) is 17.1 Å². The van der Waals surface area contributed by atoms with Crippen molar-refractivity contribution in [3.63, 3.8) is 0 Å². The molecule has 1 heterocycles. The largest absolute Gasteiger partial charge is 0.461 e. The van der Waals surface area contributed by atoms with Crippen molar-refractivity contribution in [3.8, 4) is 0 Å². The molecule has 0 spiro atoms. The van der Waals surface area contributed by atoms with Gasteiger partial charge >= 0.3 is 5.97 Å². The number of fused-ring (bicyclic) bond motifs is 1. The Kier molecular flexibility index (Phi) is 2.75. The van der Waals surface area contributed by atoms with Crippen molar-refractivity contribution in [2.75, 3.05) is 6.61 Å². The van der Waals surface area contributed by atoms with Crippen LogP contribution in [0.1, 0.15) is 42.0 Å². The average molecular weight is 208 g/mol. The number of H-pyrrole nitrogens is 1. The molecule has 0 bridgehead atoms. The van der Waals surface area contributed by atoms with E-state index in [9.17, 15) is 4.79 Å². The number of hydrogen-bond acceptors (Lipinski definition) is 3. The van der Waals surface area contributed by atoms with Gasteiger partial charge in [-0.2, -0.15) is 5.10 Å². The molecule has 4 nitrogen and oxygen atoms in total. The lowest BCUT2D eigenvalue weighted by Crippen LogP contribution is -2.14. The Bertz CT molecular complexity index is 371. The number of nitrogens with zero attached hydrogens (tertiary/aromatic N) is 1. The van der Waals surface area contributed by atoms with Gasteiger partial charge in [0.1, 0.15) is 0 Å². The van der Waals surface area contributed by atoms with Crippen molar-refractivity contribution in [1.82, 2.24) is 10.2 Å². The summed E-state index contributed by atoms with van der Waals surface area (Å²) in [5, 5.41) is 7.00. The fourth-order valence-corrected chi connectivity index (χ4v) is 2.05. The molecule has 1 aliphatic carbocycles. The molecule has 1 aromatic heterocycles. The van der Waals surface area contributed by atoms with E-state index in [0.717, 1.165) is 30.5 Å². The molecule has 0 fully saturated rings. The zero-order valence-electron chi connectivity index (χ0n) is 9.17. The molecule has 15 heavy (non-hydrogen) atoms. The van der Waals surface area contributed by atoms with Gasteiger partial charge in [0.25, 0.3) is 0 Å². The highest BCUT2D eigenvalue weighted by Crippen LogP contribution is 2.26. The van der Waals surface area contributed by atoms with Gasteiger partial charge in [-0.1, -0.05) is 6.92 Å². The first-order chi connectivity index (χ1) is 7.22. The first-order valence-electron chi connectivity index (χ1n) is 5.45. The van der Waals surface area contributed by atoms with E-state index in [-0.39, 0.29) is 5.97 Å². The number of ether oxygens (including phenoxy) is 1. The summed E-state index contributed by atoms with van der Waals surface area (Å²) in [6, 6.07) is 0.